The average Bonchev–Trinajstić information content (AvgIpc) is 2.42. The first kappa shape index (κ1) is 13.5. The minimum absolute atomic E-state index is 0.151. The molecule has 0 bridgehead atoms. The Bertz CT molecular complexity index is 415. The Kier molecular flexibility index (Phi) is 4.74. The molecule has 1 fully saturated rings. The van der Waals surface area contributed by atoms with Gasteiger partial charge in [0.05, 0.1) is 13.2 Å². The van der Waals surface area contributed by atoms with Gasteiger partial charge < -0.3 is 10.5 Å². The van der Waals surface area contributed by atoms with Crippen molar-refractivity contribution in [2.24, 2.45) is 5.73 Å². The minimum Gasteiger partial charge on any atom is -0.496 e. The molecule has 1 atom stereocenters. The molecule has 0 radical (unpaired) electrons. The van der Waals surface area contributed by atoms with Crippen LogP contribution in [-0.2, 0) is 10.8 Å². The lowest BCUT2D eigenvalue weighted by Gasteiger charge is -2.34. The fourth-order valence-electron chi connectivity index (χ4n) is 2.38. The molecule has 0 amide bonds. The molecule has 100 valence electrons. The molecule has 0 saturated carbocycles. The van der Waals surface area contributed by atoms with Gasteiger partial charge in [-0.1, -0.05) is 18.2 Å². The summed E-state index contributed by atoms with van der Waals surface area (Å²) in [5.41, 5.74) is 7.04. The fourth-order valence-corrected chi connectivity index (χ4v) is 3.46. The molecule has 0 spiro atoms. The zero-order chi connectivity index (χ0) is 13.0. The summed E-state index contributed by atoms with van der Waals surface area (Å²) < 4.78 is 16.8. The van der Waals surface area contributed by atoms with Crippen LogP contribution in [0.3, 0.4) is 0 Å². The van der Waals surface area contributed by atoms with Gasteiger partial charge in [0, 0.05) is 47.5 Å². The van der Waals surface area contributed by atoms with Gasteiger partial charge >= 0.3 is 0 Å². The van der Waals surface area contributed by atoms with Crippen molar-refractivity contribution < 1.29 is 8.95 Å². The topological polar surface area (TPSA) is 55.6 Å². The number of nitrogens with zero attached hydrogens (tertiary/aromatic N) is 1. The van der Waals surface area contributed by atoms with Gasteiger partial charge in [-0.2, -0.15) is 0 Å². The van der Waals surface area contributed by atoms with Gasteiger partial charge in [-0.15, -0.1) is 0 Å². The molecule has 1 saturated heterocycles. The van der Waals surface area contributed by atoms with Crippen LogP contribution in [0.5, 0.6) is 5.75 Å². The van der Waals surface area contributed by atoms with E-state index in [1.54, 1.807) is 7.11 Å². The molecule has 1 heterocycles. The molecular weight excluding hydrogens is 248 g/mol. The third-order valence-corrected chi connectivity index (χ3v) is 4.65. The predicted molar refractivity (Wildman–Crippen MR) is 74.2 cm³/mol. The highest BCUT2D eigenvalue weighted by atomic mass is 32.2. The molecule has 2 rings (SSSR count). The second kappa shape index (κ2) is 6.31. The van der Waals surface area contributed by atoms with Gasteiger partial charge in [-0.05, 0) is 6.07 Å². The van der Waals surface area contributed by atoms with Crippen LogP contribution in [0.1, 0.15) is 11.6 Å². The summed E-state index contributed by atoms with van der Waals surface area (Å²) >= 11 is 0. The van der Waals surface area contributed by atoms with Gasteiger partial charge in [-0.3, -0.25) is 9.11 Å². The molecule has 1 aliphatic heterocycles. The van der Waals surface area contributed by atoms with Crippen LogP contribution in [0.2, 0.25) is 0 Å². The lowest BCUT2D eigenvalue weighted by molar-refractivity contribution is 0.216. The molecule has 5 heteroatoms. The van der Waals surface area contributed by atoms with Crippen molar-refractivity contribution in [3.63, 3.8) is 0 Å². The molecule has 1 unspecified atom stereocenters. The summed E-state index contributed by atoms with van der Waals surface area (Å²) in [5.74, 6) is 2.36. The van der Waals surface area contributed by atoms with Crippen LogP contribution < -0.4 is 10.5 Å². The molecule has 2 N–H and O–H groups in total. The Morgan fingerprint density at radius 3 is 2.67 bits per heavy atom. The molecule has 18 heavy (non-hydrogen) atoms. The Balaban J connectivity index is 2.19. The van der Waals surface area contributed by atoms with Crippen LogP contribution in [0, 0.1) is 0 Å². The van der Waals surface area contributed by atoms with Crippen LogP contribution in [0.4, 0.5) is 0 Å². The van der Waals surface area contributed by atoms with Crippen LogP contribution >= 0.6 is 0 Å². The average molecular weight is 268 g/mol. The molecule has 1 aromatic rings. The van der Waals surface area contributed by atoms with E-state index >= 15 is 0 Å². The Morgan fingerprint density at radius 2 is 2.06 bits per heavy atom. The van der Waals surface area contributed by atoms with Gasteiger partial charge in [0.15, 0.2) is 0 Å². The second-order valence-electron chi connectivity index (χ2n) is 4.38. The van der Waals surface area contributed by atoms with Crippen LogP contribution in [0.25, 0.3) is 0 Å². The van der Waals surface area contributed by atoms with E-state index in [0.29, 0.717) is 6.54 Å². The summed E-state index contributed by atoms with van der Waals surface area (Å²) in [5, 5.41) is 0. The maximum absolute atomic E-state index is 11.4. The molecule has 0 aliphatic carbocycles. The van der Waals surface area contributed by atoms with E-state index in [-0.39, 0.29) is 6.04 Å². The molecule has 0 aromatic heterocycles. The van der Waals surface area contributed by atoms with Crippen molar-refractivity contribution in [3.8, 4) is 5.75 Å². The van der Waals surface area contributed by atoms with Crippen LogP contribution in [0.15, 0.2) is 24.3 Å². The highest BCUT2D eigenvalue weighted by molar-refractivity contribution is 7.85. The van der Waals surface area contributed by atoms with Crippen molar-refractivity contribution in [1.82, 2.24) is 4.90 Å². The van der Waals surface area contributed by atoms with Gasteiger partial charge in [0.1, 0.15) is 5.75 Å². The largest absolute Gasteiger partial charge is 0.496 e. The molecule has 4 nitrogen and oxygen atoms in total. The number of ether oxygens (including phenoxy) is 1. The number of nitrogens with two attached hydrogens (primary N) is 1. The van der Waals surface area contributed by atoms with E-state index in [9.17, 15) is 4.21 Å². The monoisotopic (exact) mass is 268 g/mol. The third kappa shape index (κ3) is 2.91. The Morgan fingerprint density at radius 1 is 1.39 bits per heavy atom. The standard InChI is InChI=1S/C13H20N2O2S/c1-17-13-5-3-2-4-11(13)12(10-14)15-6-8-18(16)9-7-15/h2-5,12H,6-10,14H2,1H3. The van der Waals surface area contributed by atoms with E-state index in [0.717, 1.165) is 35.9 Å². The number of para-hydroxylation sites is 1. The van der Waals surface area contributed by atoms with Crippen molar-refractivity contribution in [2.75, 3.05) is 38.2 Å². The maximum Gasteiger partial charge on any atom is 0.123 e. The molecule has 1 aliphatic rings. The number of rotatable bonds is 4. The minimum atomic E-state index is -0.657. The summed E-state index contributed by atoms with van der Waals surface area (Å²) in [4.78, 5) is 2.30. The van der Waals surface area contributed by atoms with E-state index in [4.69, 9.17) is 10.5 Å². The first-order valence-corrected chi connectivity index (χ1v) is 7.67. The molecular formula is C13H20N2O2S. The van der Waals surface area contributed by atoms with Crippen molar-refractivity contribution in [1.29, 1.82) is 0 Å². The molecule has 1 aromatic carbocycles. The van der Waals surface area contributed by atoms with Crippen molar-refractivity contribution in [3.05, 3.63) is 29.8 Å². The Hall–Kier alpha value is -0.910. The van der Waals surface area contributed by atoms with E-state index in [1.807, 2.05) is 18.2 Å². The fraction of sp³-hybridized carbons (Fsp3) is 0.538. The number of benzene rings is 1. The highest BCUT2D eigenvalue weighted by Gasteiger charge is 2.25. The first-order valence-electron chi connectivity index (χ1n) is 6.18. The summed E-state index contributed by atoms with van der Waals surface area (Å²) in [6.45, 7) is 2.23. The second-order valence-corrected chi connectivity index (χ2v) is 6.07. The van der Waals surface area contributed by atoms with Gasteiger partial charge in [-0.25, -0.2) is 0 Å². The Labute approximate surface area is 111 Å². The summed E-state index contributed by atoms with van der Waals surface area (Å²) in [6, 6.07) is 8.13. The highest BCUT2D eigenvalue weighted by Crippen LogP contribution is 2.29. The lowest BCUT2D eigenvalue weighted by atomic mass is 10.0. The van der Waals surface area contributed by atoms with Gasteiger partial charge in [0.2, 0.25) is 0 Å². The van der Waals surface area contributed by atoms with E-state index in [1.165, 1.54) is 0 Å². The van der Waals surface area contributed by atoms with Crippen molar-refractivity contribution >= 4 is 10.8 Å². The maximum atomic E-state index is 11.4. The van der Waals surface area contributed by atoms with Gasteiger partial charge in [0.25, 0.3) is 0 Å². The predicted octanol–water partition coefficient (Wildman–Crippen LogP) is 0.759. The van der Waals surface area contributed by atoms with Crippen molar-refractivity contribution in [2.45, 2.75) is 6.04 Å². The number of hydrogen-bond donors (Lipinski definition) is 1. The van der Waals surface area contributed by atoms with E-state index < -0.39 is 10.8 Å². The zero-order valence-corrected chi connectivity index (χ0v) is 11.5. The number of hydrogen-bond acceptors (Lipinski definition) is 4. The first-order chi connectivity index (χ1) is 8.76. The third-order valence-electron chi connectivity index (χ3n) is 3.37. The number of methoxy groups -OCH3 is 1. The lowest BCUT2D eigenvalue weighted by Crippen LogP contribution is -2.42. The quantitative estimate of drug-likeness (QED) is 0.876. The van der Waals surface area contributed by atoms with E-state index in [2.05, 4.69) is 11.0 Å². The van der Waals surface area contributed by atoms with Crippen LogP contribution in [-0.4, -0.2) is 47.4 Å². The zero-order valence-electron chi connectivity index (χ0n) is 10.7. The summed E-state index contributed by atoms with van der Waals surface area (Å²) in [6.07, 6.45) is 0. The normalized spacial score (nSPS) is 19.7. The smallest absolute Gasteiger partial charge is 0.123 e. The summed E-state index contributed by atoms with van der Waals surface area (Å²) in [7, 11) is 1.02. The SMILES string of the molecule is COc1ccccc1C(CN)N1CCS(=O)CC1.